The van der Waals surface area contributed by atoms with Gasteiger partial charge in [-0.25, -0.2) is 0 Å². The van der Waals surface area contributed by atoms with Crippen LogP contribution in [0.1, 0.15) is 77.2 Å². The van der Waals surface area contributed by atoms with Crippen molar-refractivity contribution in [1.82, 2.24) is 24.8 Å². The summed E-state index contributed by atoms with van der Waals surface area (Å²) >= 11 is 0. The molecule has 3 fully saturated rings. The van der Waals surface area contributed by atoms with Crippen LogP contribution in [0.3, 0.4) is 0 Å². The molecule has 2 aliphatic carbocycles. The molecular weight excluding hydrogens is 406 g/mol. The van der Waals surface area contributed by atoms with E-state index in [-0.39, 0.29) is 17.2 Å². The van der Waals surface area contributed by atoms with E-state index in [2.05, 4.69) is 19.9 Å². The van der Waals surface area contributed by atoms with Crippen LogP contribution in [0.5, 0.6) is 0 Å². The van der Waals surface area contributed by atoms with Crippen LogP contribution in [0.4, 0.5) is 0 Å². The summed E-state index contributed by atoms with van der Waals surface area (Å²) in [4.78, 5) is 15.3. The highest BCUT2D eigenvalue weighted by Gasteiger charge is 2.54. The van der Waals surface area contributed by atoms with E-state index in [1.54, 1.807) is 6.07 Å². The van der Waals surface area contributed by atoms with Crippen LogP contribution >= 0.6 is 0 Å². The number of hydrogen-bond donors (Lipinski definition) is 0. The molecule has 1 spiro atoms. The highest BCUT2D eigenvalue weighted by molar-refractivity contribution is 5.92. The van der Waals surface area contributed by atoms with Crippen LogP contribution in [0, 0.1) is 25.2 Å². The van der Waals surface area contributed by atoms with Gasteiger partial charge in [-0.05, 0) is 63.0 Å². The Morgan fingerprint density at radius 1 is 1.25 bits per heavy atom. The largest absolute Gasteiger partial charge is 0.456 e. The second-order valence-electron chi connectivity index (χ2n) is 9.98. The van der Waals surface area contributed by atoms with Crippen LogP contribution < -0.4 is 0 Å². The molecule has 32 heavy (non-hydrogen) atoms. The van der Waals surface area contributed by atoms with Gasteiger partial charge in [0, 0.05) is 37.5 Å². The van der Waals surface area contributed by atoms with Crippen LogP contribution in [-0.2, 0) is 13.0 Å². The first-order valence-corrected chi connectivity index (χ1v) is 11.7. The van der Waals surface area contributed by atoms with E-state index in [0.29, 0.717) is 18.7 Å². The van der Waals surface area contributed by atoms with E-state index in [0.717, 1.165) is 60.5 Å². The predicted molar refractivity (Wildman–Crippen MR) is 115 cm³/mol. The number of furan rings is 1. The van der Waals surface area contributed by atoms with E-state index < -0.39 is 0 Å². The summed E-state index contributed by atoms with van der Waals surface area (Å²) in [7, 11) is 0. The lowest BCUT2D eigenvalue weighted by molar-refractivity contribution is 0.0692. The minimum Gasteiger partial charge on any atom is -0.456 e. The summed E-state index contributed by atoms with van der Waals surface area (Å²) in [5, 5.41) is 12.8. The maximum absolute atomic E-state index is 13.4. The number of rotatable bonds is 6. The van der Waals surface area contributed by atoms with Crippen LogP contribution in [0.25, 0.3) is 0 Å². The van der Waals surface area contributed by atoms with Gasteiger partial charge in [0.05, 0.1) is 5.69 Å². The van der Waals surface area contributed by atoms with Gasteiger partial charge in [-0.3, -0.25) is 4.79 Å². The Morgan fingerprint density at radius 3 is 2.78 bits per heavy atom. The molecule has 1 aliphatic heterocycles. The van der Waals surface area contributed by atoms with Crippen molar-refractivity contribution in [1.29, 1.82) is 0 Å². The van der Waals surface area contributed by atoms with E-state index in [1.165, 1.54) is 19.3 Å². The molecule has 3 aromatic rings. The molecule has 8 nitrogen and oxygen atoms in total. The number of likely N-dealkylation sites (tertiary alicyclic amines) is 1. The third-order valence-corrected chi connectivity index (χ3v) is 7.80. The minimum atomic E-state index is -0.0305. The maximum atomic E-state index is 13.4. The summed E-state index contributed by atoms with van der Waals surface area (Å²) < 4.78 is 13.5. The normalized spacial score (nSPS) is 21.9. The standard InChI is InChI=1S/C24H29N5O3/c1-15-19(16(2)32-27-15)10-18-6-7-21(31-18)23(30)28-12-20(24(13-28)8-3-9-24)22-26-25-14-29(22)11-17-4-5-17/h6-7,14,17,20H,3-5,8-13H2,1-2H3. The quantitative estimate of drug-likeness (QED) is 0.584. The molecule has 8 heteroatoms. The Labute approximate surface area is 187 Å². The topological polar surface area (TPSA) is 90.2 Å². The van der Waals surface area contributed by atoms with Gasteiger partial charge in [0.15, 0.2) is 5.76 Å². The molecule has 1 unspecified atom stereocenters. The second-order valence-corrected chi connectivity index (χ2v) is 9.98. The van der Waals surface area contributed by atoms with Crippen molar-refractivity contribution in [3.05, 3.63) is 52.8 Å². The van der Waals surface area contributed by atoms with E-state index in [4.69, 9.17) is 8.94 Å². The zero-order valence-electron chi connectivity index (χ0n) is 18.7. The summed E-state index contributed by atoms with van der Waals surface area (Å²) in [6.45, 7) is 6.28. The number of amides is 1. The molecule has 0 bridgehead atoms. The van der Waals surface area contributed by atoms with E-state index >= 15 is 0 Å². The Balaban J connectivity index is 1.21. The molecule has 3 aliphatic rings. The molecule has 1 saturated heterocycles. The second kappa shape index (κ2) is 7.32. The van der Waals surface area contributed by atoms with Crippen molar-refractivity contribution in [3.63, 3.8) is 0 Å². The molecule has 0 aromatic carbocycles. The number of aromatic nitrogens is 4. The molecule has 1 atom stereocenters. The lowest BCUT2D eigenvalue weighted by Gasteiger charge is -2.42. The van der Waals surface area contributed by atoms with Crippen LogP contribution in [-0.4, -0.2) is 43.8 Å². The van der Waals surface area contributed by atoms with E-state index in [1.807, 2.05) is 31.1 Å². The average molecular weight is 436 g/mol. The van der Waals surface area contributed by atoms with Crippen molar-refractivity contribution < 1.29 is 13.7 Å². The monoisotopic (exact) mass is 435 g/mol. The molecule has 1 amide bonds. The Kier molecular flexibility index (Phi) is 4.52. The molecule has 0 radical (unpaired) electrons. The zero-order valence-corrected chi connectivity index (χ0v) is 18.7. The van der Waals surface area contributed by atoms with Gasteiger partial charge in [-0.2, -0.15) is 0 Å². The molecule has 168 valence electrons. The lowest BCUT2D eigenvalue weighted by Crippen LogP contribution is -2.38. The van der Waals surface area contributed by atoms with Crippen molar-refractivity contribution in [2.24, 2.45) is 11.3 Å². The first-order valence-electron chi connectivity index (χ1n) is 11.7. The summed E-state index contributed by atoms with van der Waals surface area (Å²) in [5.74, 6) is 3.99. The first-order chi connectivity index (χ1) is 15.5. The van der Waals surface area contributed by atoms with Gasteiger partial charge in [0.25, 0.3) is 5.91 Å². The minimum absolute atomic E-state index is 0.0305. The van der Waals surface area contributed by atoms with Gasteiger partial charge in [0.2, 0.25) is 0 Å². The Bertz CT molecular complexity index is 1130. The summed E-state index contributed by atoms with van der Waals surface area (Å²) in [6, 6.07) is 3.68. The number of carbonyl (C=O) groups is 1. The zero-order chi connectivity index (χ0) is 21.9. The fourth-order valence-electron chi connectivity index (χ4n) is 5.54. The summed E-state index contributed by atoms with van der Waals surface area (Å²) in [6.07, 6.45) is 8.56. The predicted octanol–water partition coefficient (Wildman–Crippen LogP) is 3.89. The van der Waals surface area contributed by atoms with E-state index in [9.17, 15) is 4.79 Å². The number of carbonyl (C=O) groups excluding carboxylic acids is 1. The Morgan fingerprint density at radius 2 is 2.09 bits per heavy atom. The number of aryl methyl sites for hydroxylation is 2. The van der Waals surface area contributed by atoms with Gasteiger partial charge >= 0.3 is 0 Å². The van der Waals surface area contributed by atoms with Crippen molar-refractivity contribution >= 4 is 5.91 Å². The van der Waals surface area contributed by atoms with Crippen molar-refractivity contribution in [2.75, 3.05) is 13.1 Å². The Hall–Kier alpha value is -2.90. The fraction of sp³-hybridized carbons (Fsp3) is 0.583. The maximum Gasteiger partial charge on any atom is 0.289 e. The fourth-order valence-corrected chi connectivity index (χ4v) is 5.54. The van der Waals surface area contributed by atoms with Gasteiger partial charge < -0.3 is 18.4 Å². The molecule has 3 aromatic heterocycles. The van der Waals surface area contributed by atoms with Gasteiger partial charge in [-0.1, -0.05) is 11.6 Å². The van der Waals surface area contributed by atoms with Crippen molar-refractivity contribution in [2.45, 2.75) is 64.8 Å². The SMILES string of the molecule is Cc1noc(C)c1Cc1ccc(C(=O)N2CC(c3nncn3CC3CC3)C3(CCC3)C2)o1. The first kappa shape index (κ1) is 19.8. The molecule has 2 saturated carbocycles. The lowest BCUT2D eigenvalue weighted by atomic mass is 9.62. The number of hydrogen-bond acceptors (Lipinski definition) is 6. The van der Waals surface area contributed by atoms with Crippen molar-refractivity contribution in [3.8, 4) is 0 Å². The number of nitrogens with zero attached hydrogens (tertiary/aromatic N) is 5. The molecular formula is C24H29N5O3. The third-order valence-electron chi connectivity index (χ3n) is 7.80. The highest BCUT2D eigenvalue weighted by atomic mass is 16.5. The van der Waals surface area contributed by atoms with Gasteiger partial charge in [0.1, 0.15) is 23.7 Å². The summed E-state index contributed by atoms with van der Waals surface area (Å²) in [5.41, 5.74) is 2.01. The smallest absolute Gasteiger partial charge is 0.289 e. The van der Waals surface area contributed by atoms with Crippen LogP contribution in [0.15, 0.2) is 27.4 Å². The molecule has 6 rings (SSSR count). The van der Waals surface area contributed by atoms with Crippen LogP contribution in [0.2, 0.25) is 0 Å². The highest BCUT2D eigenvalue weighted by Crippen LogP contribution is 2.55. The molecule has 4 heterocycles. The average Bonchev–Trinajstić information content (AvgIpc) is 3.13. The third kappa shape index (κ3) is 3.27. The molecule has 0 N–H and O–H groups in total. The van der Waals surface area contributed by atoms with Gasteiger partial charge in [-0.15, -0.1) is 10.2 Å².